The molecule has 174 valence electrons. The normalized spacial score (nSPS) is 21.4. The second-order valence-corrected chi connectivity index (χ2v) is 9.28. The molecule has 0 spiro atoms. The summed E-state index contributed by atoms with van der Waals surface area (Å²) in [5.41, 5.74) is 21.8. The highest BCUT2D eigenvalue weighted by Gasteiger charge is 2.31. The minimum absolute atomic E-state index is 0.0184. The van der Waals surface area contributed by atoms with E-state index in [0.717, 1.165) is 67.1 Å². The van der Waals surface area contributed by atoms with Gasteiger partial charge in [-0.25, -0.2) is 9.50 Å². The van der Waals surface area contributed by atoms with E-state index in [1.165, 1.54) is 0 Å². The zero-order valence-corrected chi connectivity index (χ0v) is 19.0. The highest BCUT2D eigenvalue weighted by atomic mass is 16.2. The molecule has 2 fully saturated rings. The van der Waals surface area contributed by atoms with Crippen molar-refractivity contribution in [2.75, 3.05) is 24.5 Å². The highest BCUT2D eigenvalue weighted by Crippen LogP contribution is 2.33. The van der Waals surface area contributed by atoms with Crippen molar-refractivity contribution in [3.05, 3.63) is 58.9 Å². The first-order chi connectivity index (χ1) is 15.9. The Balaban J connectivity index is 1.46. The molecule has 2 aliphatic rings. The Morgan fingerprint density at radius 1 is 1.15 bits per heavy atom. The molecule has 2 saturated heterocycles. The molecule has 1 aromatic carbocycles. The first kappa shape index (κ1) is 21.8. The summed E-state index contributed by atoms with van der Waals surface area (Å²) in [7, 11) is 0. The van der Waals surface area contributed by atoms with Crippen molar-refractivity contribution < 1.29 is 4.79 Å². The van der Waals surface area contributed by atoms with Crippen LogP contribution in [0.4, 0.5) is 5.82 Å². The fourth-order valence-corrected chi connectivity index (χ4v) is 5.01. The van der Waals surface area contributed by atoms with Gasteiger partial charge in [0.1, 0.15) is 5.82 Å². The lowest BCUT2D eigenvalue weighted by atomic mass is 9.97. The molecule has 0 radical (unpaired) electrons. The van der Waals surface area contributed by atoms with Crippen LogP contribution in [0.25, 0.3) is 5.65 Å². The lowest BCUT2D eigenvalue weighted by Crippen LogP contribution is -2.38. The number of benzene rings is 1. The number of anilines is 1. The molecule has 2 aliphatic heterocycles. The fourth-order valence-electron chi connectivity index (χ4n) is 5.01. The number of nitrogens with two attached hydrogens (primary N) is 3. The molecular formula is C24H32N8O. The average molecular weight is 449 g/mol. The van der Waals surface area contributed by atoms with Gasteiger partial charge in [0.2, 0.25) is 0 Å². The molecule has 2 aromatic heterocycles. The number of carbonyl (C=O) groups excluding carboxylic acids is 1. The van der Waals surface area contributed by atoms with Crippen LogP contribution >= 0.6 is 0 Å². The van der Waals surface area contributed by atoms with Gasteiger partial charge in [0.15, 0.2) is 5.65 Å². The minimum atomic E-state index is -0.609. The van der Waals surface area contributed by atoms with Crippen molar-refractivity contribution in [2.24, 2.45) is 17.2 Å². The van der Waals surface area contributed by atoms with Gasteiger partial charge in [0.25, 0.3) is 5.91 Å². The van der Waals surface area contributed by atoms with Gasteiger partial charge in [-0.05, 0) is 50.3 Å². The van der Waals surface area contributed by atoms with E-state index in [-0.39, 0.29) is 18.0 Å². The SMILES string of the molecule is Cc1cn2nc([C@@H]3CCCCN3C(=O)c3cccc(C(N)N)c3)cc2nc1N1CC[C@H](N)C1. The molecule has 5 rings (SSSR count). The van der Waals surface area contributed by atoms with Crippen LogP contribution in [0.15, 0.2) is 36.5 Å². The molecule has 0 unspecified atom stereocenters. The van der Waals surface area contributed by atoms with Gasteiger partial charge in [-0.3, -0.25) is 4.79 Å². The van der Waals surface area contributed by atoms with E-state index in [4.69, 9.17) is 27.3 Å². The van der Waals surface area contributed by atoms with Gasteiger partial charge in [-0.15, -0.1) is 0 Å². The lowest BCUT2D eigenvalue weighted by Gasteiger charge is -2.35. The second kappa shape index (κ2) is 8.74. The summed E-state index contributed by atoms with van der Waals surface area (Å²) < 4.78 is 1.83. The molecule has 0 bridgehead atoms. The summed E-state index contributed by atoms with van der Waals surface area (Å²) in [6, 6.07) is 9.40. The van der Waals surface area contributed by atoms with E-state index in [9.17, 15) is 4.79 Å². The molecule has 3 aromatic rings. The topological polar surface area (TPSA) is 132 Å². The Bertz CT molecular complexity index is 1170. The van der Waals surface area contributed by atoms with Gasteiger partial charge in [0, 0.05) is 49.1 Å². The maximum Gasteiger partial charge on any atom is 0.254 e. The molecule has 33 heavy (non-hydrogen) atoms. The quantitative estimate of drug-likeness (QED) is 0.519. The van der Waals surface area contributed by atoms with Crippen molar-refractivity contribution in [2.45, 2.75) is 50.9 Å². The highest BCUT2D eigenvalue weighted by molar-refractivity contribution is 5.94. The Morgan fingerprint density at radius 3 is 2.76 bits per heavy atom. The van der Waals surface area contributed by atoms with Crippen molar-refractivity contribution in [3.8, 4) is 0 Å². The Morgan fingerprint density at radius 2 is 2.00 bits per heavy atom. The van der Waals surface area contributed by atoms with E-state index in [1.54, 1.807) is 6.07 Å². The molecular weight excluding hydrogens is 416 g/mol. The number of likely N-dealkylation sites (tertiary alicyclic amines) is 1. The number of fused-ring (bicyclic) bond motifs is 1. The maximum atomic E-state index is 13.5. The number of aromatic nitrogens is 3. The van der Waals surface area contributed by atoms with Gasteiger partial charge in [-0.2, -0.15) is 5.10 Å². The zero-order valence-electron chi connectivity index (χ0n) is 19.0. The Labute approximate surface area is 193 Å². The van der Waals surface area contributed by atoms with Crippen LogP contribution in [0.3, 0.4) is 0 Å². The Kier molecular flexibility index (Phi) is 5.77. The second-order valence-electron chi connectivity index (χ2n) is 9.28. The van der Waals surface area contributed by atoms with Crippen LogP contribution < -0.4 is 22.1 Å². The largest absolute Gasteiger partial charge is 0.355 e. The third kappa shape index (κ3) is 4.19. The third-order valence-electron chi connectivity index (χ3n) is 6.77. The summed E-state index contributed by atoms with van der Waals surface area (Å²) in [5.74, 6) is 0.948. The van der Waals surface area contributed by atoms with E-state index < -0.39 is 6.17 Å². The van der Waals surface area contributed by atoms with Crippen LogP contribution in [0, 0.1) is 6.92 Å². The number of carbonyl (C=O) groups is 1. The lowest BCUT2D eigenvalue weighted by molar-refractivity contribution is 0.0605. The molecule has 9 heteroatoms. The summed E-state index contributed by atoms with van der Waals surface area (Å²) in [6.07, 6.45) is 5.29. The number of piperidine rings is 1. The molecule has 1 amide bonds. The average Bonchev–Trinajstić information content (AvgIpc) is 3.43. The smallest absolute Gasteiger partial charge is 0.254 e. The zero-order chi connectivity index (χ0) is 23.1. The van der Waals surface area contributed by atoms with E-state index >= 15 is 0 Å². The first-order valence-corrected chi connectivity index (χ1v) is 11.7. The van der Waals surface area contributed by atoms with Crippen LogP contribution in [0.5, 0.6) is 0 Å². The molecule has 6 N–H and O–H groups in total. The number of nitrogens with zero attached hydrogens (tertiary/aromatic N) is 5. The predicted octanol–water partition coefficient (Wildman–Crippen LogP) is 1.86. The Hall–Kier alpha value is -3.01. The standard InChI is InChI=1S/C24H32N8O/c1-15-13-32-21(28-23(15)30-10-8-18(25)14-30)12-19(29-32)20-7-2-3-9-31(20)24(33)17-6-4-5-16(11-17)22(26)27/h4-6,11-13,18,20,22H,2-3,7-10,14,25-27H2,1H3/t18-,20-/m0/s1. The van der Waals surface area contributed by atoms with Crippen molar-refractivity contribution >= 4 is 17.4 Å². The van der Waals surface area contributed by atoms with Crippen LogP contribution in [0.2, 0.25) is 0 Å². The molecule has 9 nitrogen and oxygen atoms in total. The van der Waals surface area contributed by atoms with Crippen molar-refractivity contribution in [1.29, 1.82) is 0 Å². The number of rotatable bonds is 4. The number of hydrogen-bond donors (Lipinski definition) is 3. The summed E-state index contributed by atoms with van der Waals surface area (Å²) in [5, 5.41) is 4.83. The first-order valence-electron chi connectivity index (χ1n) is 11.7. The molecule has 4 heterocycles. The van der Waals surface area contributed by atoms with E-state index in [2.05, 4.69) is 11.8 Å². The van der Waals surface area contributed by atoms with E-state index in [0.29, 0.717) is 12.1 Å². The molecule has 2 atom stereocenters. The van der Waals surface area contributed by atoms with Gasteiger partial charge in [0.05, 0.1) is 17.9 Å². The predicted molar refractivity (Wildman–Crippen MR) is 128 cm³/mol. The van der Waals surface area contributed by atoms with Gasteiger partial charge in [-0.1, -0.05) is 12.1 Å². The van der Waals surface area contributed by atoms with Gasteiger partial charge >= 0.3 is 0 Å². The van der Waals surface area contributed by atoms with Crippen molar-refractivity contribution in [3.63, 3.8) is 0 Å². The van der Waals surface area contributed by atoms with E-state index in [1.807, 2.05) is 39.9 Å². The third-order valence-corrected chi connectivity index (χ3v) is 6.77. The van der Waals surface area contributed by atoms with Gasteiger partial charge < -0.3 is 27.0 Å². The maximum absolute atomic E-state index is 13.5. The fraction of sp³-hybridized carbons (Fsp3) is 0.458. The summed E-state index contributed by atoms with van der Waals surface area (Å²) in [6.45, 7) is 4.49. The van der Waals surface area contributed by atoms with Crippen molar-refractivity contribution in [1.82, 2.24) is 19.5 Å². The number of amides is 1. The summed E-state index contributed by atoms with van der Waals surface area (Å²) in [4.78, 5) is 22.5. The molecule has 0 saturated carbocycles. The van der Waals surface area contributed by atoms with Crippen LogP contribution in [-0.4, -0.2) is 51.1 Å². The monoisotopic (exact) mass is 448 g/mol. The van der Waals surface area contributed by atoms with Crippen LogP contribution in [-0.2, 0) is 0 Å². The summed E-state index contributed by atoms with van der Waals surface area (Å²) >= 11 is 0. The minimum Gasteiger partial charge on any atom is -0.355 e. The molecule has 0 aliphatic carbocycles. The number of hydrogen-bond acceptors (Lipinski definition) is 7. The van der Waals surface area contributed by atoms with Crippen LogP contribution in [0.1, 0.15) is 65.1 Å². The number of aryl methyl sites for hydroxylation is 1.